The van der Waals surface area contributed by atoms with Crippen LogP contribution in [-0.2, 0) is 28.2 Å². The van der Waals surface area contributed by atoms with E-state index in [1.54, 1.807) is 60.7 Å². The minimum Gasteiger partial charge on any atom is -0.506 e. The first-order valence-electron chi connectivity index (χ1n) is 21.4. The first-order chi connectivity index (χ1) is 31.0. The Morgan fingerprint density at radius 2 is 1.66 bits per heavy atom. The second-order valence-electron chi connectivity index (χ2n) is 15.9. The first-order valence-corrected chi connectivity index (χ1v) is 21.4. The van der Waals surface area contributed by atoms with Crippen molar-refractivity contribution in [2.45, 2.75) is 44.1 Å². The number of aromatic amines is 1. The van der Waals surface area contributed by atoms with Crippen molar-refractivity contribution in [1.82, 2.24) is 20.5 Å². The normalized spacial score (nSPS) is 14.7. The Bertz CT molecular complexity index is 2580. The highest BCUT2D eigenvalue weighted by molar-refractivity contribution is 5.95. The number of hydrogen-bond donors (Lipinski definition) is 6. The van der Waals surface area contributed by atoms with Gasteiger partial charge in [0, 0.05) is 48.8 Å². The first kappa shape index (κ1) is 45.4. The van der Waals surface area contributed by atoms with Crippen LogP contribution in [0.1, 0.15) is 63.5 Å². The molecule has 1 aromatic heterocycles. The maximum Gasteiger partial charge on any atom is 0.347 e. The number of likely N-dealkylation sites (tertiary alicyclic amines) is 1. The molecular formula is C50H53FN4O9. The quantitative estimate of drug-likeness (QED) is 0.0409. The highest BCUT2D eigenvalue weighted by atomic mass is 19.1. The molecule has 2 atom stereocenters. The zero-order valence-corrected chi connectivity index (χ0v) is 35.6. The van der Waals surface area contributed by atoms with E-state index in [1.807, 2.05) is 18.2 Å². The number of halogens is 1. The van der Waals surface area contributed by atoms with Crippen molar-refractivity contribution >= 4 is 22.8 Å². The van der Waals surface area contributed by atoms with E-state index in [2.05, 4.69) is 32.7 Å². The van der Waals surface area contributed by atoms with Crippen LogP contribution < -0.4 is 25.7 Å². The summed E-state index contributed by atoms with van der Waals surface area (Å²) in [6.45, 7) is 3.34. The fraction of sp³-hybridized carbons (Fsp3) is 0.300. The van der Waals surface area contributed by atoms with Gasteiger partial charge in [-0.15, -0.1) is 0 Å². The van der Waals surface area contributed by atoms with E-state index >= 15 is 4.39 Å². The summed E-state index contributed by atoms with van der Waals surface area (Å²) in [5.41, 5.74) is 0.338. The Balaban J connectivity index is 0.895. The van der Waals surface area contributed by atoms with Crippen LogP contribution in [-0.4, -0.2) is 83.6 Å². The second-order valence-corrected chi connectivity index (χ2v) is 15.9. The summed E-state index contributed by atoms with van der Waals surface area (Å²) in [7, 11) is 1.41. The average molecular weight is 873 g/mol. The predicted octanol–water partition coefficient (Wildman–Crippen LogP) is 6.09. The molecule has 0 spiro atoms. The van der Waals surface area contributed by atoms with Crippen LogP contribution in [0.2, 0.25) is 0 Å². The summed E-state index contributed by atoms with van der Waals surface area (Å²) in [4.78, 5) is 43.6. The van der Waals surface area contributed by atoms with E-state index in [0.717, 1.165) is 32.5 Å². The number of phenolic OH excluding ortho intramolecular Hbond substituents is 1. The summed E-state index contributed by atoms with van der Waals surface area (Å²) >= 11 is 0. The van der Waals surface area contributed by atoms with Gasteiger partial charge in [-0.2, -0.15) is 0 Å². The number of pyridine rings is 1. The zero-order valence-electron chi connectivity index (χ0n) is 35.6. The lowest BCUT2D eigenvalue weighted by Gasteiger charge is -2.33. The summed E-state index contributed by atoms with van der Waals surface area (Å²) < 4.78 is 32.6. The van der Waals surface area contributed by atoms with Gasteiger partial charge in [-0.25, -0.2) is 9.18 Å². The van der Waals surface area contributed by atoms with Crippen molar-refractivity contribution in [1.29, 1.82) is 0 Å². The van der Waals surface area contributed by atoms with Crippen molar-refractivity contribution in [2.24, 2.45) is 5.92 Å². The van der Waals surface area contributed by atoms with Gasteiger partial charge in [0.1, 0.15) is 23.1 Å². The Kier molecular flexibility index (Phi) is 15.0. The Hall–Kier alpha value is -6.58. The molecule has 0 bridgehead atoms. The molecule has 14 heteroatoms. The number of carbonyl (C=O) groups is 2. The number of H-pyrrole nitrogens is 1. The lowest BCUT2D eigenvalue weighted by molar-refractivity contribution is -0.164. The molecule has 1 fully saturated rings. The number of aliphatic hydroxyl groups excluding tert-OH is 1. The number of methoxy groups -OCH3 is 1. The van der Waals surface area contributed by atoms with Crippen LogP contribution in [0.4, 0.5) is 4.39 Å². The van der Waals surface area contributed by atoms with Gasteiger partial charge < -0.3 is 45.1 Å². The summed E-state index contributed by atoms with van der Waals surface area (Å²) in [5.74, 6) is -1.45. The molecule has 0 saturated carbocycles. The van der Waals surface area contributed by atoms with Gasteiger partial charge in [-0.1, -0.05) is 78.9 Å². The molecule has 1 saturated heterocycles. The molecule has 2 heterocycles. The van der Waals surface area contributed by atoms with Crippen molar-refractivity contribution in [3.05, 3.63) is 171 Å². The molecular weight excluding hydrogens is 820 g/mol. The van der Waals surface area contributed by atoms with Crippen molar-refractivity contribution in [3.63, 3.8) is 0 Å². The van der Waals surface area contributed by atoms with Gasteiger partial charge >= 0.3 is 5.97 Å². The van der Waals surface area contributed by atoms with Crippen molar-refractivity contribution < 1.29 is 43.5 Å². The second kappa shape index (κ2) is 21.2. The van der Waals surface area contributed by atoms with E-state index in [-0.39, 0.29) is 72.5 Å². The third-order valence-corrected chi connectivity index (χ3v) is 11.6. The number of piperidine rings is 1. The number of aromatic nitrogens is 1. The largest absolute Gasteiger partial charge is 0.506 e. The Morgan fingerprint density at radius 1 is 0.922 bits per heavy atom. The fourth-order valence-corrected chi connectivity index (χ4v) is 8.00. The average Bonchev–Trinajstić information content (AvgIpc) is 3.31. The van der Waals surface area contributed by atoms with Gasteiger partial charge in [0.25, 0.3) is 5.91 Å². The number of carbonyl (C=O) groups excluding carboxylic acids is 2. The molecule has 5 aromatic carbocycles. The summed E-state index contributed by atoms with van der Waals surface area (Å²) in [6.07, 6.45) is 1.09. The molecule has 0 radical (unpaired) electrons. The fourth-order valence-electron chi connectivity index (χ4n) is 8.00. The molecule has 334 valence electrons. The van der Waals surface area contributed by atoms with Crippen LogP contribution in [0.3, 0.4) is 0 Å². The molecule has 1 aliphatic rings. The van der Waals surface area contributed by atoms with E-state index < -0.39 is 29.4 Å². The topological polar surface area (TPSA) is 183 Å². The standard InChI is InChI=1S/C50H53FN4O9/c1-62-45-28-41(42(51)26-35(45)29-52-30-44(57)39-16-18-43(56)47-40(39)17-19-46(58)54-47)48(59)53-22-9-25-63-38-15-8-14-37(27-38)50(61,36-12-6-3-7-13-36)49(60)64-32-34-20-23-55(24-21-34)31-33-10-4-2-5-11-33/h2-8,10-19,26-28,34,44,52,56-57,61H,9,20-25,29-32H2,1H3,(H,53,59)(H,54,58)/t44-,50-/m0/s1. The number of benzene rings is 5. The molecule has 6 aromatic rings. The summed E-state index contributed by atoms with van der Waals surface area (Å²) in [6, 6.07) is 34.0. The predicted molar refractivity (Wildman–Crippen MR) is 240 cm³/mol. The number of hydrogen-bond acceptors (Lipinski definition) is 11. The third-order valence-electron chi connectivity index (χ3n) is 11.6. The smallest absolute Gasteiger partial charge is 0.347 e. The molecule has 0 unspecified atom stereocenters. The minimum atomic E-state index is -2.09. The summed E-state index contributed by atoms with van der Waals surface area (Å²) in [5, 5.41) is 39.5. The molecule has 6 N–H and O–H groups in total. The number of aliphatic hydroxyl groups is 2. The number of esters is 1. The number of rotatable bonds is 19. The number of nitrogens with one attached hydrogen (secondary N) is 3. The highest BCUT2D eigenvalue weighted by Gasteiger charge is 2.42. The zero-order chi connectivity index (χ0) is 45.1. The van der Waals surface area contributed by atoms with Gasteiger partial charge in [0.05, 0.1) is 37.5 Å². The van der Waals surface area contributed by atoms with E-state index in [1.165, 1.54) is 43.0 Å². The number of ether oxygens (including phenoxy) is 3. The van der Waals surface area contributed by atoms with E-state index in [0.29, 0.717) is 34.2 Å². The molecule has 1 aliphatic heterocycles. The molecule has 13 nitrogen and oxygen atoms in total. The third kappa shape index (κ3) is 11.0. The molecule has 1 amide bonds. The maximum atomic E-state index is 15.3. The maximum absolute atomic E-state index is 15.3. The molecule has 0 aliphatic carbocycles. The number of nitrogens with zero attached hydrogens (tertiary/aromatic N) is 1. The van der Waals surface area contributed by atoms with E-state index in [4.69, 9.17) is 14.2 Å². The number of aromatic hydroxyl groups is 1. The van der Waals surface area contributed by atoms with Crippen molar-refractivity contribution in [2.75, 3.05) is 46.5 Å². The van der Waals surface area contributed by atoms with Crippen LogP contribution >= 0.6 is 0 Å². The van der Waals surface area contributed by atoms with Gasteiger partial charge in [-0.05, 0) is 91.4 Å². The van der Waals surface area contributed by atoms with Crippen LogP contribution in [0.25, 0.3) is 10.9 Å². The minimum absolute atomic E-state index is 0.0504. The highest BCUT2D eigenvalue weighted by Crippen LogP contribution is 2.34. The van der Waals surface area contributed by atoms with Gasteiger partial charge in [-0.3, -0.25) is 14.5 Å². The SMILES string of the molecule is COc1cc(C(=O)NCCCOc2cccc([C@](O)(C(=O)OCC3CCN(Cc4ccccc4)CC3)c3ccccc3)c2)c(F)cc1CNC[C@H](O)c1ccc(O)c2[nH]c(=O)ccc12. The van der Waals surface area contributed by atoms with Crippen LogP contribution in [0.15, 0.2) is 126 Å². The molecule has 7 rings (SSSR count). The van der Waals surface area contributed by atoms with Crippen LogP contribution in [0, 0.1) is 11.7 Å². The molecule has 64 heavy (non-hydrogen) atoms. The van der Waals surface area contributed by atoms with Gasteiger partial charge in [0.2, 0.25) is 11.2 Å². The number of amides is 1. The number of phenols is 1. The van der Waals surface area contributed by atoms with Gasteiger partial charge in [0.15, 0.2) is 0 Å². The lowest BCUT2D eigenvalue weighted by atomic mass is 9.86. The number of fused-ring (bicyclic) bond motifs is 1. The van der Waals surface area contributed by atoms with E-state index in [9.17, 15) is 29.7 Å². The Labute approximate surface area is 370 Å². The van der Waals surface area contributed by atoms with Crippen molar-refractivity contribution in [3.8, 4) is 17.2 Å². The van der Waals surface area contributed by atoms with Crippen LogP contribution in [0.5, 0.6) is 17.2 Å². The monoisotopic (exact) mass is 872 g/mol. The Morgan fingerprint density at radius 3 is 2.41 bits per heavy atom. The lowest BCUT2D eigenvalue weighted by Crippen LogP contribution is -2.40.